The number of anilines is 1. The van der Waals surface area contributed by atoms with Crippen molar-refractivity contribution in [3.05, 3.63) is 87.6 Å². The Morgan fingerprint density at radius 3 is 2.72 bits per heavy atom. The van der Waals surface area contributed by atoms with E-state index in [2.05, 4.69) is 20.4 Å². The second-order valence-corrected chi connectivity index (χ2v) is 8.59. The molecule has 0 fully saturated rings. The first-order valence-electron chi connectivity index (χ1n) is 10.8. The Kier molecular flexibility index (Phi) is 7.49. The van der Waals surface area contributed by atoms with Crippen LogP contribution in [0.25, 0.3) is 5.13 Å². The van der Waals surface area contributed by atoms with Gasteiger partial charge in [-0.2, -0.15) is 5.10 Å². The molecule has 0 aliphatic rings. The summed E-state index contributed by atoms with van der Waals surface area (Å²) in [6.07, 6.45) is 3.82. The first kappa shape index (κ1) is 24.7. The molecule has 0 saturated carbocycles. The number of nitrogens with one attached hydrogen (secondary N) is 1. The third-order valence-electron chi connectivity index (χ3n) is 5.14. The monoisotopic (exact) mass is 511 g/mol. The van der Waals surface area contributed by atoms with Gasteiger partial charge in [0.1, 0.15) is 23.6 Å². The second kappa shape index (κ2) is 10.9. The van der Waals surface area contributed by atoms with Gasteiger partial charge in [-0.1, -0.05) is 23.5 Å². The zero-order valence-electron chi connectivity index (χ0n) is 19.4. The van der Waals surface area contributed by atoms with E-state index in [4.69, 9.17) is 4.74 Å². The molecule has 0 bridgehead atoms. The molecule has 0 atom stereocenters. The number of benzene rings is 1. The predicted octanol–water partition coefficient (Wildman–Crippen LogP) is 2.54. The minimum Gasteiger partial charge on any atom is -0.448 e. The quantitative estimate of drug-likeness (QED) is 0.385. The molecule has 0 radical (unpaired) electrons. The van der Waals surface area contributed by atoms with E-state index in [1.165, 1.54) is 27.9 Å². The minimum absolute atomic E-state index is 0.0235. The number of thiazole rings is 1. The number of carbonyl (C=O) groups is 2. The van der Waals surface area contributed by atoms with Crippen LogP contribution in [0, 0.1) is 12.7 Å². The summed E-state index contributed by atoms with van der Waals surface area (Å²) >= 11 is 1.07. The molecule has 0 spiro atoms. The van der Waals surface area contributed by atoms with Gasteiger partial charge < -0.3 is 15.0 Å². The van der Waals surface area contributed by atoms with Crippen LogP contribution in [0.2, 0.25) is 0 Å². The maximum atomic E-state index is 13.0. The van der Waals surface area contributed by atoms with Gasteiger partial charge in [0.25, 0.3) is 5.91 Å². The van der Waals surface area contributed by atoms with Crippen LogP contribution in [0.4, 0.5) is 14.9 Å². The van der Waals surface area contributed by atoms with E-state index >= 15 is 0 Å². The fourth-order valence-electron chi connectivity index (χ4n) is 3.18. The number of hydrogen-bond donors (Lipinski definition) is 1. The zero-order valence-corrected chi connectivity index (χ0v) is 20.2. The van der Waals surface area contributed by atoms with Crippen LogP contribution in [-0.4, -0.2) is 50.0 Å². The number of nitrogens with zero attached hydrogens (tertiary/aromatic N) is 6. The molecule has 3 aromatic heterocycles. The molecule has 0 saturated heterocycles. The zero-order chi connectivity index (χ0) is 25.7. The number of ether oxygens (including phenoxy) is 1. The standard InChI is InChI=1S/C23H22FN7O4S/c1-15-19(20(32)29(2)18-4-3-9-25-13-18)36-21(28-15)30-14-27-31(23(30)34)10-11-35-22(33)26-12-16-5-7-17(24)8-6-16/h3-9,13-14H,10-12H2,1-2H3,(H,26,33). The highest BCUT2D eigenvalue weighted by Gasteiger charge is 2.22. The molecule has 1 N–H and O–H groups in total. The summed E-state index contributed by atoms with van der Waals surface area (Å²) in [4.78, 5) is 47.8. The van der Waals surface area contributed by atoms with Gasteiger partial charge in [0.2, 0.25) is 0 Å². The third-order valence-corrected chi connectivity index (χ3v) is 6.29. The van der Waals surface area contributed by atoms with Crippen LogP contribution in [0.5, 0.6) is 0 Å². The van der Waals surface area contributed by atoms with E-state index < -0.39 is 11.8 Å². The highest BCUT2D eigenvalue weighted by Crippen LogP contribution is 2.24. The van der Waals surface area contributed by atoms with Crippen molar-refractivity contribution in [1.29, 1.82) is 0 Å². The number of rotatable bonds is 8. The Morgan fingerprint density at radius 2 is 2.00 bits per heavy atom. The number of aryl methyl sites for hydroxylation is 1. The van der Waals surface area contributed by atoms with Gasteiger partial charge in [0, 0.05) is 19.8 Å². The van der Waals surface area contributed by atoms with Gasteiger partial charge in [-0.25, -0.2) is 28.2 Å². The summed E-state index contributed by atoms with van der Waals surface area (Å²) in [6.45, 7) is 1.80. The molecule has 0 aliphatic heterocycles. The summed E-state index contributed by atoms with van der Waals surface area (Å²) in [5.41, 5.74) is 1.34. The fourth-order valence-corrected chi connectivity index (χ4v) is 4.19. The lowest BCUT2D eigenvalue weighted by molar-refractivity contribution is 0.0996. The van der Waals surface area contributed by atoms with E-state index in [-0.39, 0.29) is 31.4 Å². The minimum atomic E-state index is -0.678. The van der Waals surface area contributed by atoms with Crippen molar-refractivity contribution in [2.24, 2.45) is 0 Å². The summed E-state index contributed by atoms with van der Waals surface area (Å²) in [6, 6.07) is 9.20. The van der Waals surface area contributed by atoms with Crippen molar-refractivity contribution < 1.29 is 18.7 Å². The number of hydrogen-bond acceptors (Lipinski definition) is 8. The van der Waals surface area contributed by atoms with Gasteiger partial charge in [0.05, 0.1) is 24.1 Å². The highest BCUT2D eigenvalue weighted by molar-refractivity contribution is 7.16. The SMILES string of the molecule is Cc1nc(-n2cnn(CCOC(=O)NCc3ccc(F)cc3)c2=O)sc1C(=O)N(C)c1cccnc1. The molecular formula is C23H22FN7O4S. The third kappa shape index (κ3) is 5.63. The average molecular weight is 512 g/mol. The number of pyridine rings is 1. The number of halogens is 1. The molecule has 186 valence electrons. The van der Waals surface area contributed by atoms with Gasteiger partial charge in [-0.3, -0.25) is 9.78 Å². The Bertz CT molecular complexity index is 1420. The van der Waals surface area contributed by atoms with Gasteiger partial charge in [-0.05, 0) is 36.8 Å². The van der Waals surface area contributed by atoms with Crippen molar-refractivity contribution in [3.63, 3.8) is 0 Å². The Balaban J connectivity index is 1.35. The lowest BCUT2D eigenvalue weighted by Gasteiger charge is -2.15. The molecule has 4 aromatic rings. The number of carbonyl (C=O) groups excluding carboxylic acids is 2. The molecule has 4 rings (SSSR count). The number of amides is 2. The van der Waals surface area contributed by atoms with Crippen LogP contribution in [0.1, 0.15) is 20.9 Å². The molecule has 11 nitrogen and oxygen atoms in total. The summed E-state index contributed by atoms with van der Waals surface area (Å²) in [5.74, 6) is -0.635. The van der Waals surface area contributed by atoms with E-state index in [9.17, 15) is 18.8 Å². The summed E-state index contributed by atoms with van der Waals surface area (Å²) < 4.78 is 20.4. The van der Waals surface area contributed by atoms with E-state index in [1.807, 2.05) is 0 Å². The van der Waals surface area contributed by atoms with Gasteiger partial charge in [-0.15, -0.1) is 0 Å². The van der Waals surface area contributed by atoms with Crippen LogP contribution in [-0.2, 0) is 17.8 Å². The van der Waals surface area contributed by atoms with Crippen molar-refractivity contribution >= 4 is 29.0 Å². The second-order valence-electron chi connectivity index (χ2n) is 7.61. The smallest absolute Gasteiger partial charge is 0.407 e. The largest absolute Gasteiger partial charge is 0.448 e. The Morgan fingerprint density at radius 1 is 1.22 bits per heavy atom. The van der Waals surface area contributed by atoms with Gasteiger partial charge in [0.15, 0.2) is 5.13 Å². The number of alkyl carbamates (subject to hydrolysis) is 1. The van der Waals surface area contributed by atoms with Crippen molar-refractivity contribution in [2.45, 2.75) is 20.0 Å². The van der Waals surface area contributed by atoms with Crippen LogP contribution in [0.3, 0.4) is 0 Å². The predicted molar refractivity (Wildman–Crippen MR) is 130 cm³/mol. The normalized spacial score (nSPS) is 10.8. The van der Waals surface area contributed by atoms with Crippen LogP contribution >= 0.6 is 11.3 Å². The van der Waals surface area contributed by atoms with E-state index in [0.29, 0.717) is 27.0 Å². The maximum absolute atomic E-state index is 13.0. The first-order valence-corrected chi connectivity index (χ1v) is 11.6. The van der Waals surface area contributed by atoms with E-state index in [0.717, 1.165) is 16.0 Å². The first-order chi connectivity index (χ1) is 17.3. The maximum Gasteiger partial charge on any atom is 0.407 e. The molecule has 0 unspecified atom stereocenters. The van der Waals surface area contributed by atoms with Crippen LogP contribution in [0.15, 0.2) is 59.9 Å². The molecule has 1 aromatic carbocycles. The number of aromatic nitrogens is 5. The molecule has 2 amide bonds. The lowest BCUT2D eigenvalue weighted by Crippen LogP contribution is -2.28. The van der Waals surface area contributed by atoms with Crippen molar-refractivity contribution in [3.8, 4) is 5.13 Å². The molecule has 3 heterocycles. The molecule has 36 heavy (non-hydrogen) atoms. The summed E-state index contributed by atoms with van der Waals surface area (Å²) in [5, 5.41) is 6.88. The van der Waals surface area contributed by atoms with Gasteiger partial charge >= 0.3 is 11.8 Å². The van der Waals surface area contributed by atoms with Crippen LogP contribution < -0.4 is 15.9 Å². The highest BCUT2D eigenvalue weighted by atomic mass is 32.1. The molecular weight excluding hydrogens is 489 g/mol. The summed E-state index contributed by atoms with van der Waals surface area (Å²) in [7, 11) is 1.64. The lowest BCUT2D eigenvalue weighted by atomic mass is 10.2. The average Bonchev–Trinajstić information content (AvgIpc) is 3.45. The van der Waals surface area contributed by atoms with E-state index in [1.54, 1.807) is 50.6 Å². The van der Waals surface area contributed by atoms with Crippen molar-refractivity contribution in [2.75, 3.05) is 18.6 Å². The Hall–Kier alpha value is -4.39. The molecule has 0 aliphatic carbocycles. The fraction of sp³-hybridized carbons (Fsp3) is 0.217. The molecule has 13 heteroatoms. The van der Waals surface area contributed by atoms with Crippen molar-refractivity contribution in [1.82, 2.24) is 29.6 Å². The topological polar surface area (TPSA) is 124 Å². The Labute approximate surface area is 208 Å².